The number of rotatable bonds is 10. The molecule has 0 amide bonds. The third-order valence-electron chi connectivity index (χ3n) is 4.65. The Morgan fingerprint density at radius 3 is 2.43 bits per heavy atom. The Morgan fingerprint density at radius 2 is 1.79 bits per heavy atom. The first-order valence-corrected chi connectivity index (χ1v) is 10.7. The van der Waals surface area contributed by atoms with Crippen LogP contribution in [0.25, 0.3) is 0 Å². The Kier molecular flexibility index (Phi) is 10.3. The second-order valence-electron chi connectivity index (χ2n) is 7.44. The van der Waals surface area contributed by atoms with Crippen LogP contribution in [0, 0.1) is 0 Å². The van der Waals surface area contributed by atoms with Crippen LogP contribution in [0.15, 0.2) is 29.3 Å². The lowest BCUT2D eigenvalue weighted by Crippen LogP contribution is -2.44. The van der Waals surface area contributed by atoms with Crippen LogP contribution >= 0.6 is 0 Å². The molecule has 0 radical (unpaired) electrons. The highest BCUT2D eigenvalue weighted by Gasteiger charge is 2.21. The van der Waals surface area contributed by atoms with Gasteiger partial charge >= 0.3 is 0 Å². The highest BCUT2D eigenvalue weighted by molar-refractivity contribution is 5.79. The Bertz CT molecular complexity index is 566. The minimum atomic E-state index is 0.308. The van der Waals surface area contributed by atoms with Crippen molar-refractivity contribution in [2.24, 2.45) is 4.99 Å². The van der Waals surface area contributed by atoms with E-state index in [0.717, 1.165) is 58.3 Å². The Morgan fingerprint density at radius 1 is 1.11 bits per heavy atom. The van der Waals surface area contributed by atoms with E-state index < -0.39 is 0 Å². The molecule has 28 heavy (non-hydrogen) atoms. The number of morpholine rings is 1. The molecule has 1 aliphatic rings. The fraction of sp³-hybridized carbons (Fsp3) is 0.682. The van der Waals surface area contributed by atoms with Gasteiger partial charge in [0.2, 0.25) is 0 Å². The number of hydrogen-bond donors (Lipinski definition) is 2. The van der Waals surface area contributed by atoms with Gasteiger partial charge < -0.3 is 20.1 Å². The third-order valence-corrected chi connectivity index (χ3v) is 4.65. The van der Waals surface area contributed by atoms with Gasteiger partial charge in [0.15, 0.2) is 5.96 Å². The van der Waals surface area contributed by atoms with Crippen molar-refractivity contribution in [1.29, 1.82) is 0 Å². The number of nitrogens with zero attached hydrogens (tertiary/aromatic N) is 2. The van der Waals surface area contributed by atoms with Gasteiger partial charge in [-0.25, -0.2) is 4.99 Å². The van der Waals surface area contributed by atoms with Gasteiger partial charge in [0.05, 0.1) is 18.8 Å². The molecule has 2 N–H and O–H groups in total. The first-order chi connectivity index (χ1) is 13.6. The van der Waals surface area contributed by atoms with Gasteiger partial charge in [-0.1, -0.05) is 24.3 Å². The van der Waals surface area contributed by atoms with E-state index in [0.29, 0.717) is 18.8 Å². The molecule has 1 aliphatic heterocycles. The summed E-state index contributed by atoms with van der Waals surface area (Å²) in [6.45, 7) is 15.3. The first kappa shape index (κ1) is 22.7. The summed E-state index contributed by atoms with van der Waals surface area (Å²) < 4.78 is 11.2. The van der Waals surface area contributed by atoms with Crippen molar-refractivity contribution in [3.8, 4) is 0 Å². The summed E-state index contributed by atoms with van der Waals surface area (Å²) in [6, 6.07) is 8.81. The van der Waals surface area contributed by atoms with E-state index in [-0.39, 0.29) is 0 Å². The van der Waals surface area contributed by atoms with E-state index in [4.69, 9.17) is 14.5 Å². The highest BCUT2D eigenvalue weighted by atomic mass is 16.5. The second-order valence-corrected chi connectivity index (χ2v) is 7.44. The SMILES string of the molecule is CCNC(=NCc1ccc(CN2CC(C)OC(C)C2)cc1)NCCCOCC. The van der Waals surface area contributed by atoms with Crippen LogP contribution in [0.2, 0.25) is 0 Å². The van der Waals surface area contributed by atoms with Crippen LogP contribution in [0.3, 0.4) is 0 Å². The Hall–Kier alpha value is -1.63. The molecule has 0 saturated carbocycles. The maximum Gasteiger partial charge on any atom is 0.191 e. The van der Waals surface area contributed by atoms with E-state index in [9.17, 15) is 0 Å². The van der Waals surface area contributed by atoms with Crippen molar-refractivity contribution in [1.82, 2.24) is 15.5 Å². The normalized spacial score (nSPS) is 20.9. The second kappa shape index (κ2) is 12.8. The van der Waals surface area contributed by atoms with E-state index in [1.54, 1.807) is 0 Å². The zero-order valence-corrected chi connectivity index (χ0v) is 18.0. The van der Waals surface area contributed by atoms with Crippen LogP contribution in [-0.4, -0.2) is 62.5 Å². The molecule has 0 aliphatic carbocycles. The lowest BCUT2D eigenvalue weighted by Gasteiger charge is -2.35. The average molecular weight is 391 g/mol. The van der Waals surface area contributed by atoms with Crippen molar-refractivity contribution in [3.63, 3.8) is 0 Å². The summed E-state index contributed by atoms with van der Waals surface area (Å²) in [5, 5.41) is 6.66. The smallest absolute Gasteiger partial charge is 0.191 e. The average Bonchev–Trinajstić information content (AvgIpc) is 2.66. The topological polar surface area (TPSA) is 58.1 Å². The molecule has 0 spiro atoms. The van der Waals surface area contributed by atoms with E-state index >= 15 is 0 Å². The number of nitrogens with one attached hydrogen (secondary N) is 2. The summed E-state index contributed by atoms with van der Waals surface area (Å²) in [7, 11) is 0. The zero-order chi connectivity index (χ0) is 20.2. The number of ether oxygens (including phenoxy) is 2. The molecule has 0 aromatic heterocycles. The highest BCUT2D eigenvalue weighted by Crippen LogP contribution is 2.15. The van der Waals surface area contributed by atoms with Gasteiger partial charge in [0.25, 0.3) is 0 Å². The van der Waals surface area contributed by atoms with Crippen molar-refractivity contribution < 1.29 is 9.47 Å². The van der Waals surface area contributed by atoms with Crippen molar-refractivity contribution in [3.05, 3.63) is 35.4 Å². The molecule has 1 aromatic carbocycles. The Labute approximate surface area is 170 Å². The quantitative estimate of drug-likeness (QED) is 0.365. The minimum Gasteiger partial charge on any atom is -0.382 e. The van der Waals surface area contributed by atoms with Crippen LogP contribution in [-0.2, 0) is 22.6 Å². The van der Waals surface area contributed by atoms with E-state index in [2.05, 4.69) is 60.6 Å². The summed E-state index contributed by atoms with van der Waals surface area (Å²) in [6.07, 6.45) is 1.59. The third kappa shape index (κ3) is 8.59. The van der Waals surface area contributed by atoms with E-state index in [1.807, 2.05) is 6.92 Å². The lowest BCUT2D eigenvalue weighted by molar-refractivity contribution is -0.0704. The zero-order valence-electron chi connectivity index (χ0n) is 18.0. The fourth-order valence-corrected chi connectivity index (χ4v) is 3.46. The monoisotopic (exact) mass is 390 g/mol. The van der Waals surface area contributed by atoms with Gasteiger partial charge in [0.1, 0.15) is 0 Å². The fourth-order valence-electron chi connectivity index (χ4n) is 3.46. The molecule has 2 unspecified atom stereocenters. The van der Waals surface area contributed by atoms with Gasteiger partial charge in [-0.05, 0) is 45.2 Å². The molecule has 2 atom stereocenters. The predicted octanol–water partition coefficient (Wildman–Crippen LogP) is 2.78. The number of guanidine groups is 1. The molecular formula is C22H38N4O2. The molecule has 1 saturated heterocycles. The van der Waals surface area contributed by atoms with Crippen LogP contribution in [0.1, 0.15) is 45.2 Å². The molecule has 1 heterocycles. The lowest BCUT2D eigenvalue weighted by atomic mass is 10.1. The molecule has 6 nitrogen and oxygen atoms in total. The molecule has 1 fully saturated rings. The first-order valence-electron chi connectivity index (χ1n) is 10.7. The Balaban J connectivity index is 1.81. The maximum absolute atomic E-state index is 5.82. The van der Waals surface area contributed by atoms with Gasteiger partial charge in [-0.2, -0.15) is 0 Å². The molecular weight excluding hydrogens is 352 g/mol. The summed E-state index contributed by atoms with van der Waals surface area (Å²) in [4.78, 5) is 7.17. The van der Waals surface area contributed by atoms with Crippen LogP contribution in [0.4, 0.5) is 0 Å². The van der Waals surface area contributed by atoms with E-state index in [1.165, 1.54) is 11.1 Å². The summed E-state index contributed by atoms with van der Waals surface area (Å²) in [5.41, 5.74) is 2.56. The van der Waals surface area contributed by atoms with Gasteiger partial charge in [0, 0.05) is 45.9 Å². The minimum absolute atomic E-state index is 0.308. The summed E-state index contributed by atoms with van der Waals surface area (Å²) in [5.74, 6) is 0.861. The van der Waals surface area contributed by atoms with Crippen LogP contribution in [0.5, 0.6) is 0 Å². The van der Waals surface area contributed by atoms with Gasteiger partial charge in [-0.3, -0.25) is 4.90 Å². The summed E-state index contributed by atoms with van der Waals surface area (Å²) >= 11 is 0. The van der Waals surface area contributed by atoms with Crippen LogP contribution < -0.4 is 10.6 Å². The van der Waals surface area contributed by atoms with Crippen molar-refractivity contribution >= 4 is 5.96 Å². The van der Waals surface area contributed by atoms with Crippen molar-refractivity contribution in [2.75, 3.05) is 39.4 Å². The largest absolute Gasteiger partial charge is 0.382 e. The number of aliphatic imine (C=N–C) groups is 1. The number of benzene rings is 1. The molecule has 6 heteroatoms. The molecule has 158 valence electrons. The standard InChI is InChI=1S/C22H38N4O2/c1-5-23-22(24-12-7-13-27-6-2)25-14-20-8-10-21(11-9-20)17-26-15-18(3)28-19(4)16-26/h8-11,18-19H,5-7,12-17H2,1-4H3,(H2,23,24,25). The molecule has 0 bridgehead atoms. The van der Waals surface area contributed by atoms with Gasteiger partial charge in [-0.15, -0.1) is 0 Å². The molecule has 1 aromatic rings. The van der Waals surface area contributed by atoms with Crippen molar-refractivity contribution in [2.45, 2.75) is 59.4 Å². The molecule has 2 rings (SSSR count). The maximum atomic E-state index is 5.82. The number of hydrogen-bond acceptors (Lipinski definition) is 4. The predicted molar refractivity (Wildman–Crippen MR) is 116 cm³/mol.